The minimum Gasteiger partial charge on any atom is -0.337 e. The summed E-state index contributed by atoms with van der Waals surface area (Å²) in [4.78, 5) is 13.9. The number of benzene rings is 5. The van der Waals surface area contributed by atoms with Crippen molar-refractivity contribution in [3.8, 4) is 0 Å². The molecule has 2 unspecified atom stereocenters. The van der Waals surface area contributed by atoms with Gasteiger partial charge >= 0.3 is 0 Å². The summed E-state index contributed by atoms with van der Waals surface area (Å²) < 4.78 is 2.45. The monoisotopic (exact) mass is 547 g/mol. The third kappa shape index (κ3) is 4.11. The first-order chi connectivity index (χ1) is 20.3. The molecule has 3 heteroatoms. The molecule has 0 amide bonds. The Hall–Kier alpha value is -4.47. The Morgan fingerprint density at radius 1 is 0.707 bits per heavy atom. The second kappa shape index (κ2) is 9.87. The van der Waals surface area contributed by atoms with Crippen LogP contribution in [0.5, 0.6) is 0 Å². The first-order valence-corrected chi connectivity index (χ1v) is 15.3. The van der Waals surface area contributed by atoms with Crippen LogP contribution in [0.15, 0.2) is 115 Å². The van der Waals surface area contributed by atoms with Crippen LogP contribution in [0.2, 0.25) is 0 Å². The van der Waals surface area contributed by atoms with E-state index in [0.717, 1.165) is 11.8 Å². The van der Waals surface area contributed by atoms with E-state index >= 15 is 0 Å². The van der Waals surface area contributed by atoms with Crippen LogP contribution in [0.4, 0.5) is 11.4 Å². The van der Waals surface area contributed by atoms with Gasteiger partial charge in [0, 0.05) is 49.1 Å². The topological polar surface area (TPSA) is 20.3 Å². The number of nitrogens with zero attached hydrogens (tertiary/aromatic N) is 1. The molecule has 0 radical (unpaired) electrons. The smallest absolute Gasteiger partial charge is 0.150 e. The lowest BCUT2D eigenvalue weighted by molar-refractivity contribution is 0.112. The van der Waals surface area contributed by atoms with Gasteiger partial charge in [0.2, 0.25) is 0 Å². The van der Waals surface area contributed by atoms with Crippen molar-refractivity contribution in [2.45, 2.75) is 31.2 Å². The predicted molar refractivity (Wildman–Crippen MR) is 174 cm³/mol. The van der Waals surface area contributed by atoms with E-state index in [9.17, 15) is 4.79 Å². The average Bonchev–Trinajstić information content (AvgIpc) is 3.72. The molecular formula is C38H29NOS. The minimum atomic E-state index is 0.500. The maximum absolute atomic E-state index is 11.3. The Labute approximate surface area is 244 Å². The standard InChI is InChI=1S/C38H29NOS/c40-24-26-14-17-31-32-18-16-29(23-38(32)41-37(31)22-26)39-35-13-7-12-30(35)34-21-25(15-19-36(34)39)20-33(27-8-3-1-4-9-27)28-10-5-2-6-11-28/h1-6,8-11,14-24,30,35H,7,12-13H2. The lowest BCUT2D eigenvalue weighted by Gasteiger charge is -2.27. The van der Waals surface area contributed by atoms with Gasteiger partial charge in [0.25, 0.3) is 0 Å². The van der Waals surface area contributed by atoms with Gasteiger partial charge in [-0.15, -0.1) is 11.3 Å². The van der Waals surface area contributed by atoms with E-state index in [-0.39, 0.29) is 0 Å². The molecular weight excluding hydrogens is 518 g/mol. The number of rotatable bonds is 5. The second-order valence-corrected chi connectivity index (χ2v) is 12.3. The number of hydrogen-bond donors (Lipinski definition) is 0. The molecule has 198 valence electrons. The summed E-state index contributed by atoms with van der Waals surface area (Å²) in [6.45, 7) is 0. The van der Waals surface area contributed by atoms with Gasteiger partial charge in [-0.1, -0.05) is 91.3 Å². The molecule has 2 heterocycles. The van der Waals surface area contributed by atoms with Crippen molar-refractivity contribution in [1.29, 1.82) is 0 Å². The van der Waals surface area contributed by atoms with E-state index in [0.29, 0.717) is 12.0 Å². The third-order valence-corrected chi connectivity index (χ3v) is 10.0. The minimum absolute atomic E-state index is 0.500. The maximum atomic E-state index is 11.3. The van der Waals surface area contributed by atoms with Gasteiger partial charge in [0.05, 0.1) is 0 Å². The van der Waals surface area contributed by atoms with Gasteiger partial charge in [-0.3, -0.25) is 4.79 Å². The zero-order valence-electron chi connectivity index (χ0n) is 22.7. The SMILES string of the molecule is O=Cc1ccc2c(c1)sc1cc(N3c4ccc(C=C(c5ccccc5)c5ccccc5)cc4C4CCCC43)ccc12. The van der Waals surface area contributed by atoms with Gasteiger partial charge in [-0.2, -0.15) is 0 Å². The van der Waals surface area contributed by atoms with E-state index in [1.54, 1.807) is 11.3 Å². The Bertz CT molecular complexity index is 1910. The third-order valence-electron chi connectivity index (χ3n) is 8.90. The molecule has 2 nitrogen and oxygen atoms in total. The van der Waals surface area contributed by atoms with Crippen molar-refractivity contribution in [3.63, 3.8) is 0 Å². The predicted octanol–water partition coefficient (Wildman–Crippen LogP) is 10.2. The number of hydrogen-bond acceptors (Lipinski definition) is 3. The highest BCUT2D eigenvalue weighted by atomic mass is 32.1. The molecule has 2 aliphatic rings. The molecule has 1 saturated carbocycles. The fraction of sp³-hybridized carbons (Fsp3) is 0.132. The van der Waals surface area contributed by atoms with Crippen LogP contribution in [0.3, 0.4) is 0 Å². The molecule has 2 atom stereocenters. The number of fused-ring (bicyclic) bond motifs is 6. The summed E-state index contributed by atoms with van der Waals surface area (Å²) in [5.41, 5.74) is 9.80. The molecule has 1 aliphatic carbocycles. The Balaban J connectivity index is 1.22. The lowest BCUT2D eigenvalue weighted by Crippen LogP contribution is -2.26. The number of thiophene rings is 1. The molecule has 1 aliphatic heterocycles. The summed E-state index contributed by atoms with van der Waals surface area (Å²) in [5.74, 6) is 0.559. The van der Waals surface area contributed by atoms with Gasteiger partial charge < -0.3 is 4.90 Å². The van der Waals surface area contributed by atoms with Crippen LogP contribution in [0.25, 0.3) is 31.8 Å². The average molecular weight is 548 g/mol. The summed E-state index contributed by atoms with van der Waals surface area (Å²) in [6.07, 6.45) is 7.02. The number of carbonyl (C=O) groups excluding carboxylic acids is 1. The molecule has 41 heavy (non-hydrogen) atoms. The highest BCUT2D eigenvalue weighted by Gasteiger charge is 2.42. The molecule has 1 fully saturated rings. The van der Waals surface area contributed by atoms with Crippen LogP contribution in [-0.2, 0) is 0 Å². The van der Waals surface area contributed by atoms with Crippen LogP contribution < -0.4 is 4.90 Å². The van der Waals surface area contributed by atoms with Gasteiger partial charge in [-0.05, 0) is 77.1 Å². The Morgan fingerprint density at radius 2 is 1.39 bits per heavy atom. The first-order valence-electron chi connectivity index (χ1n) is 14.4. The van der Waals surface area contributed by atoms with Crippen molar-refractivity contribution >= 4 is 60.8 Å². The van der Waals surface area contributed by atoms with Gasteiger partial charge in [-0.25, -0.2) is 0 Å². The molecule has 5 aromatic carbocycles. The Kier molecular flexibility index (Phi) is 5.86. The zero-order chi connectivity index (χ0) is 27.3. The molecule has 0 N–H and O–H groups in total. The number of carbonyl (C=O) groups is 1. The Morgan fingerprint density at radius 3 is 2.12 bits per heavy atom. The van der Waals surface area contributed by atoms with Crippen LogP contribution >= 0.6 is 11.3 Å². The van der Waals surface area contributed by atoms with Gasteiger partial charge in [0.15, 0.2) is 0 Å². The fourth-order valence-corrected chi connectivity index (χ4v) is 8.23. The highest BCUT2D eigenvalue weighted by Crippen LogP contribution is 2.53. The van der Waals surface area contributed by atoms with Crippen molar-refractivity contribution in [2.75, 3.05) is 4.90 Å². The molecule has 0 bridgehead atoms. The van der Waals surface area contributed by atoms with E-state index in [2.05, 4.69) is 114 Å². The molecule has 8 rings (SSSR count). The summed E-state index contributed by atoms with van der Waals surface area (Å²) in [6, 6.07) is 41.9. The fourth-order valence-electron chi connectivity index (χ4n) is 7.04. The number of anilines is 2. The summed E-state index contributed by atoms with van der Waals surface area (Å²) in [7, 11) is 0. The van der Waals surface area contributed by atoms with E-state index in [1.807, 2.05) is 12.1 Å². The van der Waals surface area contributed by atoms with Crippen molar-refractivity contribution < 1.29 is 4.79 Å². The second-order valence-electron chi connectivity index (χ2n) is 11.2. The zero-order valence-corrected chi connectivity index (χ0v) is 23.5. The van der Waals surface area contributed by atoms with E-state index < -0.39 is 0 Å². The van der Waals surface area contributed by atoms with Crippen LogP contribution in [0.1, 0.15) is 57.8 Å². The maximum Gasteiger partial charge on any atom is 0.150 e. The summed E-state index contributed by atoms with van der Waals surface area (Å²) in [5, 5.41) is 2.50. The van der Waals surface area contributed by atoms with E-state index in [1.165, 1.54) is 78.6 Å². The normalized spacial score (nSPS) is 17.5. The van der Waals surface area contributed by atoms with Crippen LogP contribution in [-0.4, -0.2) is 12.3 Å². The lowest BCUT2D eigenvalue weighted by atomic mass is 9.93. The summed E-state index contributed by atoms with van der Waals surface area (Å²) >= 11 is 1.78. The first kappa shape index (κ1) is 24.3. The van der Waals surface area contributed by atoms with Gasteiger partial charge in [0.1, 0.15) is 6.29 Å². The molecule has 0 saturated heterocycles. The molecule has 0 spiro atoms. The largest absolute Gasteiger partial charge is 0.337 e. The van der Waals surface area contributed by atoms with Crippen LogP contribution in [0, 0.1) is 0 Å². The molecule has 1 aromatic heterocycles. The van der Waals surface area contributed by atoms with Crippen molar-refractivity contribution in [2.24, 2.45) is 0 Å². The van der Waals surface area contributed by atoms with Crippen molar-refractivity contribution in [3.05, 3.63) is 143 Å². The van der Waals surface area contributed by atoms with E-state index in [4.69, 9.17) is 0 Å². The van der Waals surface area contributed by atoms with Crippen molar-refractivity contribution in [1.82, 2.24) is 0 Å². The number of aldehydes is 1. The highest BCUT2D eigenvalue weighted by molar-refractivity contribution is 7.25. The quantitative estimate of drug-likeness (QED) is 0.158. The molecule has 6 aromatic rings.